The monoisotopic (exact) mass is 261 g/mol. The summed E-state index contributed by atoms with van der Waals surface area (Å²) in [7, 11) is 3.83. The Morgan fingerprint density at radius 3 is 2.63 bits per heavy atom. The van der Waals surface area contributed by atoms with E-state index in [4.69, 9.17) is 0 Å². The molecule has 1 aromatic carbocycles. The van der Waals surface area contributed by atoms with Gasteiger partial charge in [0.25, 0.3) is 5.91 Å². The summed E-state index contributed by atoms with van der Waals surface area (Å²) in [6.07, 6.45) is 3.62. The number of carbonyl (C=O) groups excluding carboxylic acids is 1. The average molecular weight is 261 g/mol. The molecule has 1 aliphatic heterocycles. The van der Waals surface area contributed by atoms with E-state index in [0.717, 1.165) is 12.2 Å². The Morgan fingerprint density at radius 1 is 1.21 bits per heavy atom. The minimum absolute atomic E-state index is 0.0392. The lowest BCUT2D eigenvalue weighted by molar-refractivity contribution is 0.0963. The third-order valence-corrected chi connectivity index (χ3v) is 3.70. The molecule has 1 aromatic rings. The number of benzene rings is 1. The average Bonchev–Trinajstić information content (AvgIpc) is 2.64. The van der Waals surface area contributed by atoms with E-state index in [1.165, 1.54) is 25.8 Å². The molecule has 0 saturated carbocycles. The molecule has 4 heteroatoms. The van der Waals surface area contributed by atoms with E-state index in [1.54, 1.807) is 7.05 Å². The molecule has 0 radical (unpaired) electrons. The zero-order valence-electron chi connectivity index (χ0n) is 11.8. The van der Waals surface area contributed by atoms with Crippen molar-refractivity contribution >= 4 is 11.6 Å². The SMILES string of the molecule is CNC(=O)c1ccc(NC2CCCN(C)CC2)cc1. The Labute approximate surface area is 115 Å². The predicted molar refractivity (Wildman–Crippen MR) is 78.6 cm³/mol. The molecule has 1 fully saturated rings. The van der Waals surface area contributed by atoms with Crippen LogP contribution >= 0.6 is 0 Å². The van der Waals surface area contributed by atoms with Crippen molar-refractivity contribution in [3.8, 4) is 0 Å². The van der Waals surface area contributed by atoms with Gasteiger partial charge in [0.15, 0.2) is 0 Å². The molecule has 19 heavy (non-hydrogen) atoms. The van der Waals surface area contributed by atoms with Crippen LogP contribution in [0.2, 0.25) is 0 Å². The van der Waals surface area contributed by atoms with Crippen molar-refractivity contribution in [3.05, 3.63) is 29.8 Å². The summed E-state index contributed by atoms with van der Waals surface area (Å²) >= 11 is 0. The first-order chi connectivity index (χ1) is 9.19. The first kappa shape index (κ1) is 13.9. The van der Waals surface area contributed by atoms with Crippen LogP contribution in [-0.2, 0) is 0 Å². The molecule has 0 aliphatic carbocycles. The fourth-order valence-corrected chi connectivity index (χ4v) is 2.48. The summed E-state index contributed by atoms with van der Waals surface area (Å²) in [4.78, 5) is 13.8. The molecule has 2 rings (SSSR count). The van der Waals surface area contributed by atoms with Crippen LogP contribution in [0.4, 0.5) is 5.69 Å². The van der Waals surface area contributed by atoms with Crippen LogP contribution in [0.15, 0.2) is 24.3 Å². The van der Waals surface area contributed by atoms with Crippen LogP contribution in [0.5, 0.6) is 0 Å². The van der Waals surface area contributed by atoms with Crippen LogP contribution in [0.1, 0.15) is 29.6 Å². The van der Waals surface area contributed by atoms with E-state index in [2.05, 4.69) is 22.6 Å². The smallest absolute Gasteiger partial charge is 0.251 e. The lowest BCUT2D eigenvalue weighted by Gasteiger charge is -2.18. The van der Waals surface area contributed by atoms with Crippen molar-refractivity contribution < 1.29 is 4.79 Å². The molecule has 1 amide bonds. The van der Waals surface area contributed by atoms with Crippen molar-refractivity contribution in [1.82, 2.24) is 10.2 Å². The third kappa shape index (κ3) is 3.96. The topological polar surface area (TPSA) is 44.4 Å². The fraction of sp³-hybridized carbons (Fsp3) is 0.533. The van der Waals surface area contributed by atoms with Gasteiger partial charge in [-0.05, 0) is 63.7 Å². The van der Waals surface area contributed by atoms with Crippen molar-refractivity contribution in [3.63, 3.8) is 0 Å². The van der Waals surface area contributed by atoms with Crippen molar-refractivity contribution in [2.45, 2.75) is 25.3 Å². The van der Waals surface area contributed by atoms with Gasteiger partial charge in [-0.3, -0.25) is 4.79 Å². The van der Waals surface area contributed by atoms with Gasteiger partial charge in [-0.25, -0.2) is 0 Å². The summed E-state index contributed by atoms with van der Waals surface area (Å²) in [5.41, 5.74) is 1.80. The Bertz CT molecular complexity index is 416. The lowest BCUT2D eigenvalue weighted by atomic mass is 10.1. The van der Waals surface area contributed by atoms with Gasteiger partial charge in [0.1, 0.15) is 0 Å². The minimum atomic E-state index is -0.0392. The largest absolute Gasteiger partial charge is 0.382 e. The molecule has 0 aromatic heterocycles. The van der Waals surface area contributed by atoms with Crippen molar-refractivity contribution in [2.75, 3.05) is 32.5 Å². The van der Waals surface area contributed by atoms with Crippen molar-refractivity contribution in [1.29, 1.82) is 0 Å². The summed E-state index contributed by atoms with van der Waals surface area (Å²) < 4.78 is 0. The molecule has 1 atom stereocenters. The molecule has 1 saturated heterocycles. The quantitative estimate of drug-likeness (QED) is 0.874. The number of nitrogens with zero attached hydrogens (tertiary/aromatic N) is 1. The first-order valence-electron chi connectivity index (χ1n) is 6.96. The second-order valence-electron chi connectivity index (χ2n) is 5.23. The highest BCUT2D eigenvalue weighted by atomic mass is 16.1. The molecule has 104 valence electrons. The van der Waals surface area contributed by atoms with Gasteiger partial charge < -0.3 is 15.5 Å². The van der Waals surface area contributed by atoms with E-state index >= 15 is 0 Å². The normalized spacial score (nSPS) is 20.6. The number of carbonyl (C=O) groups is 1. The van der Waals surface area contributed by atoms with Crippen LogP contribution in [0, 0.1) is 0 Å². The molecule has 0 bridgehead atoms. The number of amides is 1. The standard InChI is InChI=1S/C15H23N3O/c1-16-15(19)12-5-7-14(8-6-12)17-13-4-3-10-18(2)11-9-13/h5-8,13,17H,3-4,9-11H2,1-2H3,(H,16,19). The number of nitrogens with one attached hydrogen (secondary N) is 2. The summed E-state index contributed by atoms with van der Waals surface area (Å²) in [5.74, 6) is -0.0392. The Hall–Kier alpha value is -1.55. The molecule has 0 spiro atoms. The Kier molecular flexibility index (Phi) is 4.80. The number of hydrogen-bond acceptors (Lipinski definition) is 3. The maximum absolute atomic E-state index is 11.5. The van der Waals surface area contributed by atoms with E-state index in [-0.39, 0.29) is 5.91 Å². The zero-order chi connectivity index (χ0) is 13.7. The maximum Gasteiger partial charge on any atom is 0.251 e. The molecular weight excluding hydrogens is 238 g/mol. The van der Waals surface area contributed by atoms with Crippen LogP contribution in [0.25, 0.3) is 0 Å². The van der Waals surface area contributed by atoms with E-state index in [9.17, 15) is 4.79 Å². The van der Waals surface area contributed by atoms with E-state index in [0.29, 0.717) is 11.6 Å². The Morgan fingerprint density at radius 2 is 1.95 bits per heavy atom. The summed E-state index contributed by atoms with van der Waals surface area (Å²) in [6, 6.07) is 8.24. The summed E-state index contributed by atoms with van der Waals surface area (Å²) in [5, 5.41) is 6.20. The van der Waals surface area contributed by atoms with Gasteiger partial charge >= 0.3 is 0 Å². The highest BCUT2D eigenvalue weighted by Gasteiger charge is 2.14. The summed E-state index contributed by atoms with van der Waals surface area (Å²) in [6.45, 7) is 2.34. The number of anilines is 1. The van der Waals surface area contributed by atoms with E-state index in [1.807, 2.05) is 24.3 Å². The van der Waals surface area contributed by atoms with Gasteiger partial charge in [0.2, 0.25) is 0 Å². The number of likely N-dealkylation sites (tertiary alicyclic amines) is 1. The van der Waals surface area contributed by atoms with Gasteiger partial charge in [-0.15, -0.1) is 0 Å². The van der Waals surface area contributed by atoms with E-state index < -0.39 is 0 Å². The molecule has 1 aliphatic rings. The molecule has 2 N–H and O–H groups in total. The maximum atomic E-state index is 11.5. The highest BCUT2D eigenvalue weighted by Crippen LogP contribution is 2.17. The van der Waals surface area contributed by atoms with Gasteiger partial charge in [-0.1, -0.05) is 0 Å². The number of hydrogen-bond donors (Lipinski definition) is 2. The Balaban J connectivity index is 1.93. The fourth-order valence-electron chi connectivity index (χ4n) is 2.48. The number of rotatable bonds is 3. The van der Waals surface area contributed by atoms with Crippen LogP contribution < -0.4 is 10.6 Å². The van der Waals surface area contributed by atoms with Gasteiger partial charge in [0, 0.05) is 24.3 Å². The van der Waals surface area contributed by atoms with Crippen molar-refractivity contribution in [2.24, 2.45) is 0 Å². The minimum Gasteiger partial charge on any atom is -0.382 e. The van der Waals surface area contributed by atoms with Crippen LogP contribution in [-0.4, -0.2) is 44.0 Å². The highest BCUT2D eigenvalue weighted by molar-refractivity contribution is 5.94. The van der Waals surface area contributed by atoms with Crippen LogP contribution in [0.3, 0.4) is 0 Å². The van der Waals surface area contributed by atoms with Gasteiger partial charge in [-0.2, -0.15) is 0 Å². The second kappa shape index (κ2) is 6.57. The molecular formula is C15H23N3O. The molecule has 1 unspecified atom stereocenters. The molecule has 1 heterocycles. The third-order valence-electron chi connectivity index (χ3n) is 3.70. The second-order valence-corrected chi connectivity index (χ2v) is 5.23. The first-order valence-corrected chi connectivity index (χ1v) is 6.96. The molecule has 4 nitrogen and oxygen atoms in total. The van der Waals surface area contributed by atoms with Gasteiger partial charge in [0.05, 0.1) is 0 Å². The predicted octanol–water partition coefficient (Wildman–Crippen LogP) is 1.94. The lowest BCUT2D eigenvalue weighted by Crippen LogP contribution is -2.23. The zero-order valence-corrected chi connectivity index (χ0v) is 11.8.